The van der Waals surface area contributed by atoms with Crippen LogP contribution in [-0.4, -0.2) is 29.3 Å². The number of amides is 1. The van der Waals surface area contributed by atoms with Crippen LogP contribution >= 0.6 is 0 Å². The molecule has 0 aliphatic heterocycles. The van der Waals surface area contributed by atoms with Crippen molar-refractivity contribution in [2.24, 2.45) is 5.73 Å². The van der Waals surface area contributed by atoms with Gasteiger partial charge in [-0.25, -0.2) is 0 Å². The Morgan fingerprint density at radius 3 is 2.73 bits per heavy atom. The van der Waals surface area contributed by atoms with Gasteiger partial charge in [-0.05, 0) is 37.3 Å². The minimum atomic E-state index is -0.622. The molecular weight excluding hydrogens is 278 g/mol. The molecule has 22 heavy (non-hydrogen) atoms. The third-order valence-corrected chi connectivity index (χ3v) is 4.74. The molecule has 0 spiro atoms. The lowest BCUT2D eigenvalue weighted by atomic mass is 9.68. The second-order valence-electron chi connectivity index (χ2n) is 5.94. The summed E-state index contributed by atoms with van der Waals surface area (Å²) in [5.74, 6) is -0.262. The number of hydrogen-bond acceptors (Lipinski definition) is 3. The molecule has 1 aromatic heterocycles. The summed E-state index contributed by atoms with van der Waals surface area (Å²) in [7, 11) is 1.70. The molecule has 2 aromatic rings. The molecule has 5 nitrogen and oxygen atoms in total. The number of ether oxygens (including phenoxy) is 1. The van der Waals surface area contributed by atoms with Gasteiger partial charge in [0.25, 0.3) is 0 Å². The molecule has 0 radical (unpaired) electrons. The molecule has 0 bridgehead atoms. The predicted octanol–water partition coefficient (Wildman–Crippen LogP) is 2.39. The quantitative estimate of drug-likeness (QED) is 0.909. The highest BCUT2D eigenvalue weighted by atomic mass is 16.5. The van der Waals surface area contributed by atoms with Crippen molar-refractivity contribution in [1.29, 1.82) is 0 Å². The van der Waals surface area contributed by atoms with Crippen LogP contribution in [0.4, 0.5) is 0 Å². The number of aromatic amines is 1. The standard InChI is InChI=1S/C17H21N3O2/c1-22-14-3-2-9-17(11-14,16(18)21)13-6-4-12(5-7-13)15-8-10-19-20-15/h4-8,10,14H,2-3,9,11H2,1H3,(H2,18,21)(H,19,20). The van der Waals surface area contributed by atoms with Crippen LogP contribution in [0.25, 0.3) is 11.3 Å². The maximum Gasteiger partial charge on any atom is 0.228 e. The van der Waals surface area contributed by atoms with Gasteiger partial charge in [-0.15, -0.1) is 0 Å². The Balaban J connectivity index is 1.94. The van der Waals surface area contributed by atoms with Crippen LogP contribution in [0.2, 0.25) is 0 Å². The Labute approximate surface area is 129 Å². The van der Waals surface area contributed by atoms with E-state index in [1.807, 2.05) is 30.3 Å². The van der Waals surface area contributed by atoms with Gasteiger partial charge in [-0.1, -0.05) is 24.3 Å². The van der Waals surface area contributed by atoms with Gasteiger partial charge in [0.05, 0.1) is 17.2 Å². The molecule has 0 saturated heterocycles. The van der Waals surface area contributed by atoms with Crippen molar-refractivity contribution in [3.8, 4) is 11.3 Å². The van der Waals surface area contributed by atoms with Crippen molar-refractivity contribution < 1.29 is 9.53 Å². The number of hydrogen-bond donors (Lipinski definition) is 2. The number of methoxy groups -OCH3 is 1. The first-order valence-corrected chi connectivity index (χ1v) is 7.59. The zero-order chi connectivity index (χ0) is 15.6. The fourth-order valence-electron chi connectivity index (χ4n) is 3.43. The van der Waals surface area contributed by atoms with Crippen molar-refractivity contribution in [3.05, 3.63) is 42.1 Å². The number of nitrogens with two attached hydrogens (primary N) is 1. The minimum absolute atomic E-state index is 0.0901. The molecule has 3 N–H and O–H groups in total. The van der Waals surface area contributed by atoms with E-state index in [9.17, 15) is 4.79 Å². The highest BCUT2D eigenvalue weighted by Gasteiger charge is 2.43. The fraction of sp³-hybridized carbons (Fsp3) is 0.412. The number of nitrogens with zero attached hydrogens (tertiary/aromatic N) is 1. The van der Waals surface area contributed by atoms with Gasteiger partial charge in [-0.3, -0.25) is 9.89 Å². The Bertz CT molecular complexity index is 636. The summed E-state index contributed by atoms with van der Waals surface area (Å²) in [5, 5.41) is 6.97. The highest BCUT2D eigenvalue weighted by molar-refractivity contribution is 5.87. The zero-order valence-electron chi connectivity index (χ0n) is 12.7. The normalized spacial score (nSPS) is 25.0. The van der Waals surface area contributed by atoms with Gasteiger partial charge in [-0.2, -0.15) is 5.10 Å². The van der Waals surface area contributed by atoms with Crippen molar-refractivity contribution >= 4 is 5.91 Å². The SMILES string of the molecule is COC1CCCC(C(N)=O)(c2ccc(-c3cc[nH]n3)cc2)C1. The molecule has 116 valence electrons. The minimum Gasteiger partial charge on any atom is -0.381 e. The van der Waals surface area contributed by atoms with Gasteiger partial charge in [0.15, 0.2) is 0 Å². The molecule has 1 aromatic carbocycles. The third-order valence-electron chi connectivity index (χ3n) is 4.74. The summed E-state index contributed by atoms with van der Waals surface area (Å²) in [6, 6.07) is 9.89. The first kappa shape index (κ1) is 14.8. The zero-order valence-corrected chi connectivity index (χ0v) is 12.7. The van der Waals surface area contributed by atoms with Crippen molar-refractivity contribution in [2.45, 2.75) is 37.2 Å². The molecule has 1 aliphatic rings. The van der Waals surface area contributed by atoms with Gasteiger partial charge in [0, 0.05) is 18.9 Å². The van der Waals surface area contributed by atoms with Crippen LogP contribution < -0.4 is 5.73 Å². The number of primary amides is 1. The van der Waals surface area contributed by atoms with E-state index in [-0.39, 0.29) is 12.0 Å². The molecule has 1 aliphatic carbocycles. The lowest BCUT2D eigenvalue weighted by Gasteiger charge is -2.38. The van der Waals surface area contributed by atoms with E-state index in [4.69, 9.17) is 10.5 Å². The van der Waals surface area contributed by atoms with Crippen LogP contribution in [0.1, 0.15) is 31.2 Å². The topological polar surface area (TPSA) is 81.0 Å². The van der Waals surface area contributed by atoms with Crippen LogP contribution in [-0.2, 0) is 14.9 Å². The van der Waals surface area contributed by atoms with Gasteiger partial charge < -0.3 is 10.5 Å². The van der Waals surface area contributed by atoms with Crippen LogP contribution in [0, 0.1) is 0 Å². The molecule has 1 amide bonds. The van der Waals surface area contributed by atoms with E-state index in [1.165, 1.54) is 0 Å². The Morgan fingerprint density at radius 2 is 2.14 bits per heavy atom. The van der Waals surface area contributed by atoms with Crippen molar-refractivity contribution in [1.82, 2.24) is 10.2 Å². The van der Waals surface area contributed by atoms with Crippen molar-refractivity contribution in [3.63, 3.8) is 0 Å². The maximum atomic E-state index is 12.2. The molecule has 1 fully saturated rings. The smallest absolute Gasteiger partial charge is 0.228 e. The van der Waals surface area contributed by atoms with Gasteiger partial charge >= 0.3 is 0 Å². The summed E-state index contributed by atoms with van der Waals surface area (Å²) < 4.78 is 5.48. The Hall–Kier alpha value is -2.14. The first-order chi connectivity index (χ1) is 10.7. The monoisotopic (exact) mass is 299 g/mol. The summed E-state index contributed by atoms with van der Waals surface area (Å²) in [5.41, 5.74) is 8.03. The number of rotatable bonds is 4. The van der Waals surface area contributed by atoms with E-state index in [2.05, 4.69) is 10.2 Å². The van der Waals surface area contributed by atoms with Crippen LogP contribution in [0.15, 0.2) is 36.5 Å². The lowest BCUT2D eigenvalue weighted by Crippen LogP contribution is -2.46. The third kappa shape index (κ3) is 2.52. The van der Waals surface area contributed by atoms with E-state index in [0.29, 0.717) is 6.42 Å². The molecule has 2 atom stereocenters. The van der Waals surface area contributed by atoms with E-state index in [0.717, 1.165) is 36.1 Å². The first-order valence-electron chi connectivity index (χ1n) is 7.59. The Kier molecular flexibility index (Phi) is 3.98. The number of benzene rings is 1. The molecule has 5 heteroatoms. The average Bonchev–Trinajstić information content (AvgIpc) is 3.09. The molecule has 1 heterocycles. The second kappa shape index (κ2) is 5.93. The largest absolute Gasteiger partial charge is 0.381 e. The van der Waals surface area contributed by atoms with Crippen molar-refractivity contribution in [2.75, 3.05) is 7.11 Å². The van der Waals surface area contributed by atoms with Gasteiger partial charge in [0.2, 0.25) is 5.91 Å². The fourth-order valence-corrected chi connectivity index (χ4v) is 3.43. The lowest BCUT2D eigenvalue weighted by molar-refractivity contribution is -0.126. The summed E-state index contributed by atoms with van der Waals surface area (Å²) in [6.07, 6.45) is 5.25. The number of nitrogens with one attached hydrogen (secondary N) is 1. The number of aromatic nitrogens is 2. The maximum absolute atomic E-state index is 12.2. The predicted molar refractivity (Wildman–Crippen MR) is 84.2 cm³/mol. The van der Waals surface area contributed by atoms with Crippen LogP contribution in [0.3, 0.4) is 0 Å². The summed E-state index contributed by atoms with van der Waals surface area (Å²) in [6.45, 7) is 0. The number of carbonyl (C=O) groups is 1. The number of carbonyl (C=O) groups excluding carboxylic acids is 1. The van der Waals surface area contributed by atoms with E-state index < -0.39 is 5.41 Å². The number of H-pyrrole nitrogens is 1. The molecule has 1 saturated carbocycles. The van der Waals surface area contributed by atoms with Crippen LogP contribution in [0.5, 0.6) is 0 Å². The highest BCUT2D eigenvalue weighted by Crippen LogP contribution is 2.40. The van der Waals surface area contributed by atoms with Gasteiger partial charge in [0.1, 0.15) is 0 Å². The molecule has 2 unspecified atom stereocenters. The summed E-state index contributed by atoms with van der Waals surface area (Å²) >= 11 is 0. The molecule has 3 rings (SSSR count). The average molecular weight is 299 g/mol. The van der Waals surface area contributed by atoms with E-state index >= 15 is 0 Å². The second-order valence-corrected chi connectivity index (χ2v) is 5.94. The summed E-state index contributed by atoms with van der Waals surface area (Å²) in [4.78, 5) is 12.2. The Morgan fingerprint density at radius 1 is 1.36 bits per heavy atom. The molecular formula is C17H21N3O2. The van der Waals surface area contributed by atoms with E-state index in [1.54, 1.807) is 13.3 Å².